The Bertz CT molecular complexity index is 918. The van der Waals surface area contributed by atoms with Gasteiger partial charge in [0.2, 0.25) is 0 Å². The molecule has 29 heavy (non-hydrogen) atoms. The van der Waals surface area contributed by atoms with Crippen molar-refractivity contribution in [3.8, 4) is 0 Å². The van der Waals surface area contributed by atoms with E-state index in [0.29, 0.717) is 0 Å². The van der Waals surface area contributed by atoms with Gasteiger partial charge in [0.1, 0.15) is 0 Å². The Morgan fingerprint density at radius 3 is 1.45 bits per heavy atom. The van der Waals surface area contributed by atoms with E-state index >= 15 is 0 Å². The number of alkyl halides is 2. The smallest absolute Gasteiger partial charge is 0.0987 e. The number of benzene rings is 2. The third kappa shape index (κ3) is 2.72. The lowest BCUT2D eigenvalue weighted by molar-refractivity contribution is 0.206. The standard InChI is InChI=1S/C27H30Cl2/c1-5-11-21-17-19-13-7-9-15-23(19)26(21,28)25(3,4)27(29)22(12-6-2)18-20-14-8-10-16-24(20)27/h7-10,13-18H,5-6,11-12H2,1-4H3. The molecule has 2 aromatic rings. The Morgan fingerprint density at radius 2 is 1.07 bits per heavy atom. The van der Waals surface area contributed by atoms with Crippen LogP contribution in [0.2, 0.25) is 0 Å². The van der Waals surface area contributed by atoms with E-state index < -0.39 is 15.2 Å². The molecule has 0 amide bonds. The molecule has 0 heterocycles. The largest absolute Gasteiger partial charge is 0.108 e. The second-order valence-electron chi connectivity index (χ2n) is 8.96. The lowest BCUT2D eigenvalue weighted by Crippen LogP contribution is -2.50. The fraction of sp³-hybridized carbons (Fsp3) is 0.407. The molecule has 2 atom stereocenters. The highest BCUT2D eigenvalue weighted by molar-refractivity contribution is 6.32. The molecule has 0 saturated carbocycles. The summed E-state index contributed by atoms with van der Waals surface area (Å²) >= 11 is 15.5. The quantitative estimate of drug-likeness (QED) is 0.406. The molecule has 0 spiro atoms. The van der Waals surface area contributed by atoms with Crippen LogP contribution in [0.1, 0.15) is 75.6 Å². The van der Waals surface area contributed by atoms with Gasteiger partial charge in [-0.2, -0.15) is 0 Å². The monoisotopic (exact) mass is 424 g/mol. The molecule has 2 unspecified atom stereocenters. The average Bonchev–Trinajstić information content (AvgIpc) is 3.17. The van der Waals surface area contributed by atoms with Crippen LogP contribution in [0.4, 0.5) is 0 Å². The van der Waals surface area contributed by atoms with Crippen molar-refractivity contribution < 1.29 is 0 Å². The lowest BCUT2D eigenvalue weighted by atomic mass is 9.60. The van der Waals surface area contributed by atoms with Gasteiger partial charge in [0.05, 0.1) is 9.75 Å². The molecule has 2 aliphatic carbocycles. The molecule has 2 aromatic carbocycles. The molecule has 0 aromatic heterocycles. The average molecular weight is 425 g/mol. The normalized spacial score (nSPS) is 25.4. The molecule has 0 fully saturated rings. The highest BCUT2D eigenvalue weighted by atomic mass is 35.5. The van der Waals surface area contributed by atoms with E-state index in [9.17, 15) is 0 Å². The van der Waals surface area contributed by atoms with Gasteiger partial charge in [-0.05, 0) is 46.2 Å². The van der Waals surface area contributed by atoms with Crippen molar-refractivity contribution in [2.75, 3.05) is 0 Å². The van der Waals surface area contributed by atoms with Gasteiger partial charge in [-0.3, -0.25) is 0 Å². The fourth-order valence-electron chi connectivity index (χ4n) is 5.53. The molecular formula is C27H30Cl2. The summed E-state index contributed by atoms with van der Waals surface area (Å²) < 4.78 is 0. The predicted molar refractivity (Wildman–Crippen MR) is 127 cm³/mol. The third-order valence-corrected chi connectivity index (χ3v) is 8.81. The number of allylic oxidation sites excluding steroid dienone is 2. The zero-order valence-electron chi connectivity index (χ0n) is 17.9. The summed E-state index contributed by atoms with van der Waals surface area (Å²) in [7, 11) is 0. The van der Waals surface area contributed by atoms with Crippen LogP contribution in [-0.4, -0.2) is 0 Å². The first-order valence-corrected chi connectivity index (χ1v) is 11.6. The highest BCUT2D eigenvalue weighted by Gasteiger charge is 2.63. The van der Waals surface area contributed by atoms with Crippen molar-refractivity contribution in [3.63, 3.8) is 0 Å². The van der Waals surface area contributed by atoms with Gasteiger partial charge in [-0.15, -0.1) is 23.2 Å². The summed E-state index contributed by atoms with van der Waals surface area (Å²) in [5.74, 6) is 0. The van der Waals surface area contributed by atoms with E-state index in [1.165, 1.54) is 33.4 Å². The zero-order valence-corrected chi connectivity index (χ0v) is 19.4. The maximum Gasteiger partial charge on any atom is 0.0987 e. The predicted octanol–water partition coefficient (Wildman–Crippen LogP) is 8.68. The topological polar surface area (TPSA) is 0 Å². The summed E-state index contributed by atoms with van der Waals surface area (Å²) in [6.45, 7) is 8.98. The van der Waals surface area contributed by atoms with Crippen LogP contribution in [0.3, 0.4) is 0 Å². The van der Waals surface area contributed by atoms with Gasteiger partial charge in [-0.25, -0.2) is 0 Å². The van der Waals surface area contributed by atoms with Crippen molar-refractivity contribution in [3.05, 3.63) is 81.9 Å². The maximum atomic E-state index is 7.76. The Morgan fingerprint density at radius 1 is 0.690 bits per heavy atom. The molecule has 0 bridgehead atoms. The summed E-state index contributed by atoms with van der Waals surface area (Å²) in [4.78, 5) is -1.29. The van der Waals surface area contributed by atoms with Crippen LogP contribution in [0.25, 0.3) is 12.2 Å². The minimum atomic E-state index is -0.647. The van der Waals surface area contributed by atoms with Crippen molar-refractivity contribution in [2.45, 2.75) is 63.1 Å². The fourth-order valence-corrected chi connectivity index (χ4v) is 6.51. The molecule has 0 nitrogen and oxygen atoms in total. The third-order valence-electron chi connectivity index (χ3n) is 6.97. The second-order valence-corrected chi connectivity index (χ2v) is 10.1. The Balaban J connectivity index is 1.96. The van der Waals surface area contributed by atoms with E-state index in [4.69, 9.17) is 23.2 Å². The number of hydrogen-bond acceptors (Lipinski definition) is 0. The Hall–Kier alpha value is -1.50. The first-order valence-electron chi connectivity index (χ1n) is 10.8. The summed E-state index contributed by atoms with van der Waals surface area (Å²) in [5.41, 5.74) is 6.97. The van der Waals surface area contributed by atoms with Gasteiger partial charge in [0.15, 0.2) is 0 Å². The molecule has 0 aliphatic heterocycles. The SMILES string of the molecule is CCCC1=Cc2ccccc2C1(Cl)C(C)(C)C1(Cl)C(CCC)=Cc2ccccc21. The van der Waals surface area contributed by atoms with Crippen molar-refractivity contribution in [1.82, 2.24) is 0 Å². The van der Waals surface area contributed by atoms with Crippen LogP contribution in [0.5, 0.6) is 0 Å². The molecule has 152 valence electrons. The molecule has 0 saturated heterocycles. The van der Waals surface area contributed by atoms with Gasteiger partial charge in [0, 0.05) is 5.41 Å². The van der Waals surface area contributed by atoms with Crippen molar-refractivity contribution >= 4 is 35.4 Å². The molecule has 2 heteroatoms. The summed E-state index contributed by atoms with van der Waals surface area (Å²) in [6.07, 6.45) is 8.68. The molecule has 4 rings (SSSR count). The van der Waals surface area contributed by atoms with E-state index in [-0.39, 0.29) is 0 Å². The van der Waals surface area contributed by atoms with Gasteiger partial charge in [-0.1, -0.05) is 101 Å². The molecular weight excluding hydrogens is 395 g/mol. The zero-order chi connectivity index (χ0) is 20.9. The minimum absolute atomic E-state index is 0.440. The molecule has 0 radical (unpaired) electrons. The first-order chi connectivity index (χ1) is 13.8. The number of rotatable bonds is 6. The Kier molecular flexibility index (Phi) is 5.24. The molecule has 2 aliphatic rings. The van der Waals surface area contributed by atoms with Crippen molar-refractivity contribution in [2.24, 2.45) is 5.41 Å². The van der Waals surface area contributed by atoms with Crippen molar-refractivity contribution in [1.29, 1.82) is 0 Å². The van der Waals surface area contributed by atoms with Gasteiger partial charge < -0.3 is 0 Å². The lowest BCUT2D eigenvalue weighted by Gasteiger charge is -2.52. The number of fused-ring (bicyclic) bond motifs is 2. The van der Waals surface area contributed by atoms with E-state index in [1.54, 1.807) is 0 Å². The highest BCUT2D eigenvalue weighted by Crippen LogP contribution is 2.68. The van der Waals surface area contributed by atoms with Gasteiger partial charge >= 0.3 is 0 Å². The van der Waals surface area contributed by atoms with Crippen LogP contribution in [0.15, 0.2) is 59.7 Å². The molecule has 0 N–H and O–H groups in total. The van der Waals surface area contributed by atoms with E-state index in [0.717, 1.165) is 25.7 Å². The number of halogens is 2. The maximum absolute atomic E-state index is 7.76. The van der Waals surface area contributed by atoms with E-state index in [2.05, 4.69) is 88.4 Å². The summed E-state index contributed by atoms with van der Waals surface area (Å²) in [6, 6.07) is 17.1. The van der Waals surface area contributed by atoms with Crippen LogP contribution >= 0.6 is 23.2 Å². The van der Waals surface area contributed by atoms with E-state index in [1.807, 2.05) is 0 Å². The summed E-state index contributed by atoms with van der Waals surface area (Å²) in [5, 5.41) is 0. The number of hydrogen-bond donors (Lipinski definition) is 0. The minimum Gasteiger partial charge on any atom is -0.108 e. The van der Waals surface area contributed by atoms with Gasteiger partial charge in [0.25, 0.3) is 0 Å². The first kappa shape index (κ1) is 20.8. The van der Waals surface area contributed by atoms with Crippen LogP contribution in [-0.2, 0) is 9.75 Å². The van der Waals surface area contributed by atoms with Crippen LogP contribution < -0.4 is 0 Å². The van der Waals surface area contributed by atoms with Crippen LogP contribution in [0, 0.1) is 5.41 Å². The Labute approximate surface area is 185 Å². The second kappa shape index (κ2) is 7.33.